The molecule has 0 atom stereocenters. The third-order valence-corrected chi connectivity index (χ3v) is 3.88. The van der Waals surface area contributed by atoms with E-state index in [-0.39, 0.29) is 5.91 Å². The molecule has 3 N–H and O–H groups in total. The number of hydrogen-bond donors (Lipinski definition) is 3. The van der Waals surface area contributed by atoms with Crippen LogP contribution in [-0.2, 0) is 4.79 Å². The number of nitrogens with zero attached hydrogens (tertiary/aromatic N) is 1. The average molecular weight is 395 g/mol. The van der Waals surface area contributed by atoms with E-state index in [0.29, 0.717) is 0 Å². The molecule has 1 saturated heterocycles. The van der Waals surface area contributed by atoms with Gasteiger partial charge in [0.1, 0.15) is 0 Å². The molecule has 0 spiro atoms. The maximum absolute atomic E-state index is 12.5. The van der Waals surface area contributed by atoms with Crippen LogP contribution >= 0.6 is 0 Å². The second-order valence-corrected chi connectivity index (χ2v) is 5.88. The molecule has 3 rings (SSSR count). The van der Waals surface area contributed by atoms with Crippen molar-refractivity contribution in [1.82, 2.24) is 5.32 Å². The summed E-state index contributed by atoms with van der Waals surface area (Å²) in [6, 6.07) is 17.3. The maximum atomic E-state index is 12.5. The van der Waals surface area contributed by atoms with Gasteiger partial charge in [-0.25, -0.2) is 4.79 Å². The van der Waals surface area contributed by atoms with Crippen LogP contribution in [0.5, 0.6) is 0 Å². The van der Waals surface area contributed by atoms with Crippen molar-refractivity contribution in [1.29, 1.82) is 0 Å². The predicted molar refractivity (Wildman–Crippen MR) is 99.6 cm³/mol. The number of carbonyl (C=O) groups is 2. The lowest BCUT2D eigenvalue weighted by Gasteiger charge is -2.30. The van der Waals surface area contributed by atoms with E-state index in [4.69, 9.17) is 9.90 Å². The minimum absolute atomic E-state index is 0.0599. The van der Waals surface area contributed by atoms with Gasteiger partial charge in [-0.2, -0.15) is 13.2 Å². The monoisotopic (exact) mass is 395 g/mol. The Hall–Kier alpha value is -3.07. The molecule has 1 aliphatic rings. The first-order valence-electron chi connectivity index (χ1n) is 8.50. The number of carbonyl (C=O) groups excluding carboxylic acids is 1. The van der Waals surface area contributed by atoms with Crippen molar-refractivity contribution >= 4 is 23.3 Å². The predicted octanol–water partition coefficient (Wildman–Crippen LogP) is 2.98. The summed E-state index contributed by atoms with van der Waals surface area (Å²) in [5, 5.41) is 13.4. The Morgan fingerprint density at radius 1 is 0.964 bits per heavy atom. The average Bonchev–Trinajstić information content (AvgIpc) is 2.69. The summed E-state index contributed by atoms with van der Waals surface area (Å²) in [7, 11) is 0. The van der Waals surface area contributed by atoms with Crippen molar-refractivity contribution in [3.05, 3.63) is 60.2 Å². The number of nitrogens with one attached hydrogen (secondary N) is 2. The SMILES string of the molecule is O=C(Nc1ccccc1)c1ccccc1N1CCNCC1.O=C(O)C(F)(F)F. The first-order chi connectivity index (χ1) is 13.3. The van der Waals surface area contributed by atoms with Gasteiger partial charge in [-0.1, -0.05) is 30.3 Å². The van der Waals surface area contributed by atoms with Crippen molar-refractivity contribution in [2.24, 2.45) is 0 Å². The zero-order valence-corrected chi connectivity index (χ0v) is 14.9. The van der Waals surface area contributed by atoms with Crippen LogP contribution in [-0.4, -0.2) is 49.3 Å². The second-order valence-electron chi connectivity index (χ2n) is 5.88. The van der Waals surface area contributed by atoms with Crippen molar-refractivity contribution in [3.63, 3.8) is 0 Å². The topological polar surface area (TPSA) is 81.7 Å². The second kappa shape index (κ2) is 9.75. The van der Waals surface area contributed by atoms with Gasteiger partial charge in [-0.15, -0.1) is 0 Å². The lowest BCUT2D eigenvalue weighted by Crippen LogP contribution is -2.44. The number of carboxylic acids is 1. The third-order valence-electron chi connectivity index (χ3n) is 3.88. The normalized spacial score (nSPS) is 13.9. The zero-order chi connectivity index (χ0) is 20.6. The number of anilines is 2. The van der Waals surface area contributed by atoms with Gasteiger partial charge in [0.05, 0.1) is 5.56 Å². The summed E-state index contributed by atoms with van der Waals surface area (Å²) < 4.78 is 31.7. The number of aliphatic carboxylic acids is 1. The maximum Gasteiger partial charge on any atom is 0.490 e. The first kappa shape index (κ1) is 21.2. The van der Waals surface area contributed by atoms with E-state index in [1.165, 1.54) is 0 Å². The number of para-hydroxylation sites is 2. The highest BCUT2D eigenvalue weighted by Gasteiger charge is 2.38. The molecule has 150 valence electrons. The highest BCUT2D eigenvalue weighted by Crippen LogP contribution is 2.22. The first-order valence-corrected chi connectivity index (χ1v) is 8.50. The lowest BCUT2D eigenvalue weighted by atomic mass is 10.1. The number of amides is 1. The number of halogens is 3. The van der Waals surface area contributed by atoms with Crippen LogP contribution in [0.4, 0.5) is 24.5 Å². The molecule has 1 amide bonds. The molecule has 6 nitrogen and oxygen atoms in total. The molecule has 1 heterocycles. The van der Waals surface area contributed by atoms with Gasteiger partial charge in [0, 0.05) is 37.6 Å². The minimum Gasteiger partial charge on any atom is -0.475 e. The van der Waals surface area contributed by atoms with Gasteiger partial charge in [0.25, 0.3) is 5.91 Å². The van der Waals surface area contributed by atoms with Crippen molar-refractivity contribution in [2.75, 3.05) is 36.4 Å². The molecule has 0 bridgehead atoms. The van der Waals surface area contributed by atoms with Gasteiger partial charge >= 0.3 is 12.1 Å². The summed E-state index contributed by atoms with van der Waals surface area (Å²) in [5.41, 5.74) is 2.55. The summed E-state index contributed by atoms with van der Waals surface area (Å²) in [6.45, 7) is 3.76. The Bertz CT molecular complexity index is 792. The number of hydrogen-bond acceptors (Lipinski definition) is 4. The lowest BCUT2D eigenvalue weighted by molar-refractivity contribution is -0.192. The molecule has 0 radical (unpaired) electrons. The van der Waals surface area contributed by atoms with E-state index in [0.717, 1.165) is 43.1 Å². The third kappa shape index (κ3) is 6.27. The van der Waals surface area contributed by atoms with E-state index in [1.54, 1.807) is 0 Å². The van der Waals surface area contributed by atoms with Crippen LogP contribution in [0.15, 0.2) is 54.6 Å². The van der Waals surface area contributed by atoms with Crippen molar-refractivity contribution in [3.8, 4) is 0 Å². The van der Waals surface area contributed by atoms with Crippen LogP contribution in [0.2, 0.25) is 0 Å². The number of rotatable bonds is 3. The Morgan fingerprint density at radius 2 is 1.50 bits per heavy atom. The van der Waals surface area contributed by atoms with Crippen LogP contribution in [0.25, 0.3) is 0 Å². The summed E-state index contributed by atoms with van der Waals surface area (Å²) in [6.07, 6.45) is -5.08. The summed E-state index contributed by atoms with van der Waals surface area (Å²) in [5.74, 6) is -2.82. The fourth-order valence-electron chi connectivity index (χ4n) is 2.57. The largest absolute Gasteiger partial charge is 0.490 e. The fraction of sp³-hybridized carbons (Fsp3) is 0.263. The minimum atomic E-state index is -5.08. The molecule has 0 saturated carbocycles. The smallest absolute Gasteiger partial charge is 0.475 e. The van der Waals surface area contributed by atoms with Crippen LogP contribution < -0.4 is 15.5 Å². The highest BCUT2D eigenvalue weighted by molar-refractivity contribution is 6.08. The van der Waals surface area contributed by atoms with E-state index >= 15 is 0 Å². The Balaban J connectivity index is 0.000000345. The van der Waals surface area contributed by atoms with Crippen molar-refractivity contribution in [2.45, 2.75) is 6.18 Å². The number of benzene rings is 2. The van der Waals surface area contributed by atoms with E-state index in [9.17, 15) is 18.0 Å². The molecule has 0 aliphatic carbocycles. The van der Waals surface area contributed by atoms with Gasteiger partial charge in [-0.3, -0.25) is 4.79 Å². The quantitative estimate of drug-likeness (QED) is 0.745. The number of piperazine rings is 1. The molecular formula is C19H20F3N3O3. The number of alkyl halides is 3. The molecule has 1 fully saturated rings. The van der Waals surface area contributed by atoms with Crippen molar-refractivity contribution < 1.29 is 27.9 Å². The van der Waals surface area contributed by atoms with Gasteiger partial charge in [0.2, 0.25) is 0 Å². The van der Waals surface area contributed by atoms with Gasteiger partial charge in [-0.05, 0) is 24.3 Å². The summed E-state index contributed by atoms with van der Waals surface area (Å²) in [4.78, 5) is 23.7. The molecule has 1 aliphatic heterocycles. The van der Waals surface area contributed by atoms with Gasteiger partial charge in [0.15, 0.2) is 0 Å². The Labute approximate surface area is 160 Å². The molecular weight excluding hydrogens is 375 g/mol. The summed E-state index contributed by atoms with van der Waals surface area (Å²) >= 11 is 0. The molecule has 28 heavy (non-hydrogen) atoms. The molecule has 2 aromatic carbocycles. The van der Waals surface area contributed by atoms with E-state index < -0.39 is 12.1 Å². The van der Waals surface area contributed by atoms with Gasteiger partial charge < -0.3 is 20.6 Å². The Kier molecular flexibility index (Phi) is 7.39. The highest BCUT2D eigenvalue weighted by atomic mass is 19.4. The van der Waals surface area contributed by atoms with Crippen LogP contribution in [0.1, 0.15) is 10.4 Å². The fourth-order valence-corrected chi connectivity index (χ4v) is 2.57. The standard InChI is InChI=1S/C17H19N3O.C2HF3O2/c21-17(19-14-6-2-1-3-7-14)15-8-4-5-9-16(15)20-12-10-18-11-13-20;3-2(4,5)1(6)7/h1-9,18H,10-13H2,(H,19,21);(H,6,7). The molecule has 2 aromatic rings. The van der Waals surface area contributed by atoms with E-state index in [2.05, 4.69) is 15.5 Å². The molecule has 9 heteroatoms. The molecule has 0 aromatic heterocycles. The van der Waals surface area contributed by atoms with Crippen LogP contribution in [0, 0.1) is 0 Å². The number of carboxylic acid groups (broad SMARTS) is 1. The Morgan fingerprint density at radius 3 is 2.07 bits per heavy atom. The zero-order valence-electron chi connectivity index (χ0n) is 14.9. The molecule has 0 unspecified atom stereocenters. The van der Waals surface area contributed by atoms with Crippen LogP contribution in [0.3, 0.4) is 0 Å². The van der Waals surface area contributed by atoms with E-state index in [1.807, 2.05) is 54.6 Å².